The number of amides is 2. The van der Waals surface area contributed by atoms with Crippen LogP contribution >= 0.6 is 0 Å². The summed E-state index contributed by atoms with van der Waals surface area (Å²) in [4.78, 5) is 40.5. The van der Waals surface area contributed by atoms with Crippen molar-refractivity contribution in [2.24, 2.45) is 11.8 Å². The number of nitrogens with zero attached hydrogens (tertiary/aromatic N) is 2. The SMILES string of the molecule is CC(C)CC(O)C(O)C(CC1CCCCC1)NC(=O)C(Cc1c[nH]cn1)N1CCCc2c([nH]c3ccccc23)C1=O. The Balaban J connectivity index is 1.42. The standard InChI is InChI=1S/C32H45N5O4/c1-20(2)15-28(38)30(39)26(16-21-9-4-3-5-10-21)36-31(40)27(17-22-18-33-19-34-22)37-14-8-12-24-23-11-6-7-13-25(23)35-29(24)32(37)41/h6-7,11,13,18-21,26-28,30,35,38-39H,3-5,8-10,12,14-17H2,1-2H3,(H,33,34)(H,36,40). The Kier molecular flexibility index (Phi) is 9.45. The molecular formula is C32H45N5O4. The number of hydrogen-bond donors (Lipinski definition) is 5. The van der Waals surface area contributed by atoms with Crippen LogP contribution in [0.25, 0.3) is 10.9 Å². The zero-order valence-corrected chi connectivity index (χ0v) is 24.3. The second-order valence-corrected chi connectivity index (χ2v) is 12.4. The normalized spacial score (nSPS) is 19.5. The molecule has 222 valence electrons. The van der Waals surface area contributed by atoms with Crippen molar-refractivity contribution in [2.45, 2.75) is 102 Å². The Labute approximate surface area is 242 Å². The highest BCUT2D eigenvalue weighted by Crippen LogP contribution is 2.31. The van der Waals surface area contributed by atoms with Gasteiger partial charge in [-0.15, -0.1) is 0 Å². The number of para-hydroxylation sites is 1. The number of aliphatic hydroxyl groups excluding tert-OH is 2. The molecule has 0 radical (unpaired) electrons. The molecule has 1 aliphatic heterocycles. The van der Waals surface area contributed by atoms with Gasteiger partial charge in [0.2, 0.25) is 5.91 Å². The van der Waals surface area contributed by atoms with E-state index < -0.39 is 24.3 Å². The van der Waals surface area contributed by atoms with Gasteiger partial charge in [-0.25, -0.2) is 4.98 Å². The molecule has 0 bridgehead atoms. The molecule has 2 amide bonds. The van der Waals surface area contributed by atoms with E-state index in [0.29, 0.717) is 36.7 Å². The maximum atomic E-state index is 14.2. The molecule has 1 saturated carbocycles. The molecule has 5 rings (SSSR count). The molecule has 4 atom stereocenters. The van der Waals surface area contributed by atoms with Crippen molar-refractivity contribution in [2.75, 3.05) is 6.54 Å². The highest BCUT2D eigenvalue weighted by atomic mass is 16.3. The van der Waals surface area contributed by atoms with E-state index in [0.717, 1.165) is 55.0 Å². The molecule has 9 heteroatoms. The van der Waals surface area contributed by atoms with E-state index in [9.17, 15) is 19.8 Å². The van der Waals surface area contributed by atoms with Gasteiger partial charge in [0.15, 0.2) is 0 Å². The minimum Gasteiger partial charge on any atom is -0.390 e. The summed E-state index contributed by atoms with van der Waals surface area (Å²) in [6.07, 6.45) is 9.68. The molecule has 1 aromatic carbocycles. The zero-order valence-electron chi connectivity index (χ0n) is 24.3. The van der Waals surface area contributed by atoms with Crippen LogP contribution in [0.3, 0.4) is 0 Å². The summed E-state index contributed by atoms with van der Waals surface area (Å²) in [6, 6.07) is 6.50. The van der Waals surface area contributed by atoms with Gasteiger partial charge in [-0.1, -0.05) is 64.2 Å². The quantitative estimate of drug-likeness (QED) is 0.239. The summed E-state index contributed by atoms with van der Waals surface area (Å²) < 4.78 is 0. The number of carbonyl (C=O) groups excluding carboxylic acids is 2. The minimum atomic E-state index is -1.09. The van der Waals surface area contributed by atoms with Gasteiger partial charge in [0, 0.05) is 30.1 Å². The lowest BCUT2D eigenvalue weighted by Crippen LogP contribution is -2.57. The number of aromatic amines is 2. The molecular weight excluding hydrogens is 518 g/mol. The Hall–Kier alpha value is -3.17. The number of aryl methyl sites for hydroxylation is 1. The lowest BCUT2D eigenvalue weighted by molar-refractivity contribution is -0.128. The average molecular weight is 564 g/mol. The van der Waals surface area contributed by atoms with Gasteiger partial charge in [0.25, 0.3) is 5.91 Å². The van der Waals surface area contributed by atoms with Crippen molar-refractivity contribution in [1.82, 2.24) is 25.2 Å². The van der Waals surface area contributed by atoms with Crippen molar-refractivity contribution in [3.8, 4) is 0 Å². The monoisotopic (exact) mass is 563 g/mol. The predicted molar refractivity (Wildman–Crippen MR) is 158 cm³/mol. The number of H-pyrrole nitrogens is 2. The number of fused-ring (bicyclic) bond motifs is 3. The van der Waals surface area contributed by atoms with Crippen LogP contribution in [0.4, 0.5) is 0 Å². The zero-order chi connectivity index (χ0) is 28.9. The number of aliphatic hydroxyl groups is 2. The Morgan fingerprint density at radius 3 is 2.66 bits per heavy atom. The average Bonchev–Trinajstić information content (AvgIpc) is 3.58. The maximum absolute atomic E-state index is 14.2. The molecule has 1 fully saturated rings. The largest absolute Gasteiger partial charge is 0.390 e. The smallest absolute Gasteiger partial charge is 0.271 e. The Morgan fingerprint density at radius 2 is 1.93 bits per heavy atom. The van der Waals surface area contributed by atoms with Gasteiger partial charge in [0.05, 0.1) is 24.2 Å². The van der Waals surface area contributed by atoms with E-state index in [1.807, 2.05) is 38.1 Å². The van der Waals surface area contributed by atoms with E-state index >= 15 is 0 Å². The van der Waals surface area contributed by atoms with E-state index in [1.54, 1.807) is 17.4 Å². The third-order valence-corrected chi connectivity index (χ3v) is 8.91. The van der Waals surface area contributed by atoms with Gasteiger partial charge in [-0.3, -0.25) is 9.59 Å². The van der Waals surface area contributed by atoms with Gasteiger partial charge < -0.3 is 30.4 Å². The third-order valence-electron chi connectivity index (χ3n) is 8.91. The fourth-order valence-electron chi connectivity index (χ4n) is 6.79. The summed E-state index contributed by atoms with van der Waals surface area (Å²) in [5, 5.41) is 26.3. The first-order valence-corrected chi connectivity index (χ1v) is 15.4. The molecule has 0 saturated heterocycles. The topological polar surface area (TPSA) is 134 Å². The summed E-state index contributed by atoms with van der Waals surface area (Å²) in [6.45, 7) is 4.45. The summed E-state index contributed by atoms with van der Waals surface area (Å²) >= 11 is 0. The van der Waals surface area contributed by atoms with Crippen molar-refractivity contribution in [1.29, 1.82) is 0 Å². The van der Waals surface area contributed by atoms with Crippen LogP contribution in [0.15, 0.2) is 36.8 Å². The maximum Gasteiger partial charge on any atom is 0.271 e. The van der Waals surface area contributed by atoms with Gasteiger partial charge in [0.1, 0.15) is 17.8 Å². The Morgan fingerprint density at radius 1 is 1.15 bits per heavy atom. The number of benzene rings is 1. The Bertz CT molecular complexity index is 1300. The third kappa shape index (κ3) is 6.84. The van der Waals surface area contributed by atoms with E-state index in [4.69, 9.17) is 0 Å². The molecule has 5 N–H and O–H groups in total. The molecule has 4 unspecified atom stereocenters. The van der Waals surface area contributed by atoms with Crippen LogP contribution in [0.5, 0.6) is 0 Å². The summed E-state index contributed by atoms with van der Waals surface area (Å²) in [5.74, 6) is 0.0675. The molecule has 3 aromatic rings. The molecule has 2 aliphatic rings. The van der Waals surface area contributed by atoms with Crippen LogP contribution in [0.2, 0.25) is 0 Å². The number of carbonyl (C=O) groups is 2. The van der Waals surface area contributed by atoms with Crippen LogP contribution in [0, 0.1) is 11.8 Å². The van der Waals surface area contributed by atoms with E-state index in [2.05, 4.69) is 20.3 Å². The first kappa shape index (κ1) is 29.3. The number of hydrogen-bond acceptors (Lipinski definition) is 5. The highest BCUT2D eigenvalue weighted by Gasteiger charge is 2.38. The predicted octanol–water partition coefficient (Wildman–Crippen LogP) is 4.11. The van der Waals surface area contributed by atoms with Crippen molar-refractivity contribution in [3.05, 3.63) is 53.7 Å². The number of aromatic nitrogens is 3. The van der Waals surface area contributed by atoms with Crippen LogP contribution in [-0.4, -0.2) is 72.7 Å². The van der Waals surface area contributed by atoms with E-state index in [-0.39, 0.29) is 24.2 Å². The molecule has 2 aromatic heterocycles. The fourth-order valence-corrected chi connectivity index (χ4v) is 6.79. The summed E-state index contributed by atoms with van der Waals surface area (Å²) in [5.41, 5.74) is 3.13. The molecule has 1 aliphatic carbocycles. The number of imidazole rings is 1. The molecule has 9 nitrogen and oxygen atoms in total. The van der Waals surface area contributed by atoms with Gasteiger partial charge in [-0.05, 0) is 49.1 Å². The van der Waals surface area contributed by atoms with Crippen LogP contribution in [-0.2, 0) is 17.6 Å². The molecule has 0 spiro atoms. The number of rotatable bonds is 11. The van der Waals surface area contributed by atoms with Crippen molar-refractivity contribution in [3.63, 3.8) is 0 Å². The molecule has 3 heterocycles. The first-order valence-electron chi connectivity index (χ1n) is 15.4. The molecule has 41 heavy (non-hydrogen) atoms. The highest BCUT2D eigenvalue weighted by molar-refractivity contribution is 6.03. The number of nitrogens with one attached hydrogen (secondary N) is 3. The van der Waals surface area contributed by atoms with E-state index in [1.165, 1.54) is 6.42 Å². The second-order valence-electron chi connectivity index (χ2n) is 12.4. The van der Waals surface area contributed by atoms with Crippen molar-refractivity contribution < 1.29 is 19.8 Å². The lowest BCUT2D eigenvalue weighted by atomic mass is 9.82. The summed E-state index contributed by atoms with van der Waals surface area (Å²) in [7, 11) is 0. The van der Waals surface area contributed by atoms with Gasteiger partial charge >= 0.3 is 0 Å². The van der Waals surface area contributed by atoms with Gasteiger partial charge in [-0.2, -0.15) is 0 Å². The minimum absolute atomic E-state index is 0.200. The lowest BCUT2D eigenvalue weighted by Gasteiger charge is -2.35. The van der Waals surface area contributed by atoms with Crippen LogP contribution in [0.1, 0.15) is 87.0 Å². The fraction of sp³-hybridized carbons (Fsp3) is 0.594. The van der Waals surface area contributed by atoms with Crippen LogP contribution < -0.4 is 5.32 Å². The first-order chi connectivity index (χ1) is 19.8. The van der Waals surface area contributed by atoms with Crippen molar-refractivity contribution >= 4 is 22.7 Å². The second kappa shape index (κ2) is 13.2.